The Kier molecular flexibility index (Phi) is 3.64. The highest BCUT2D eigenvalue weighted by Crippen LogP contribution is 2.42. The van der Waals surface area contributed by atoms with Gasteiger partial charge in [-0.3, -0.25) is 4.90 Å². The van der Waals surface area contributed by atoms with Gasteiger partial charge in [0.15, 0.2) is 0 Å². The van der Waals surface area contributed by atoms with Gasteiger partial charge in [0, 0.05) is 23.1 Å². The number of benzene rings is 1. The van der Waals surface area contributed by atoms with Crippen LogP contribution < -0.4 is 5.73 Å². The van der Waals surface area contributed by atoms with E-state index in [4.69, 9.17) is 5.73 Å². The highest BCUT2D eigenvalue weighted by atomic mass is 32.1. The van der Waals surface area contributed by atoms with Crippen molar-refractivity contribution in [1.29, 1.82) is 0 Å². The van der Waals surface area contributed by atoms with Crippen LogP contribution in [0.3, 0.4) is 0 Å². The minimum atomic E-state index is 0.551. The lowest BCUT2D eigenvalue weighted by atomic mass is 9.81. The number of hydrogen-bond donors (Lipinski definition) is 2. The molecule has 3 fully saturated rings. The molecule has 3 saturated heterocycles. The summed E-state index contributed by atoms with van der Waals surface area (Å²) in [5.41, 5.74) is 9.70. The molecule has 6 rings (SSSR count). The average molecular weight is 350 g/mol. The molecule has 0 saturated carbocycles. The molecule has 1 aromatic carbocycles. The fourth-order valence-corrected chi connectivity index (χ4v) is 5.01. The van der Waals surface area contributed by atoms with E-state index in [-0.39, 0.29) is 0 Å². The highest BCUT2D eigenvalue weighted by Gasteiger charge is 2.35. The fourth-order valence-electron chi connectivity index (χ4n) is 4.38. The first-order valence-electron chi connectivity index (χ1n) is 9.01. The SMILES string of the molecule is NC(=Nc1ccc2[nH]cc(C3CC4CCN3CC4)c2c1)c1cccs1. The fraction of sp³-hybridized carbons (Fsp3) is 0.350. The van der Waals surface area contributed by atoms with Crippen LogP contribution in [0.1, 0.15) is 35.7 Å². The van der Waals surface area contributed by atoms with Crippen molar-refractivity contribution < 1.29 is 0 Å². The van der Waals surface area contributed by atoms with E-state index < -0.39 is 0 Å². The van der Waals surface area contributed by atoms with Crippen molar-refractivity contribution in [2.75, 3.05) is 13.1 Å². The first-order valence-corrected chi connectivity index (χ1v) is 9.89. The van der Waals surface area contributed by atoms with Crippen molar-refractivity contribution in [1.82, 2.24) is 9.88 Å². The van der Waals surface area contributed by atoms with E-state index in [1.54, 1.807) is 11.3 Å². The third-order valence-corrected chi connectivity index (χ3v) is 6.62. The zero-order valence-corrected chi connectivity index (χ0v) is 14.9. The molecule has 3 aliphatic rings. The number of aromatic nitrogens is 1. The molecule has 1 atom stereocenters. The summed E-state index contributed by atoms with van der Waals surface area (Å²) in [5, 5.41) is 3.32. The van der Waals surface area contributed by atoms with Gasteiger partial charge in [0.2, 0.25) is 0 Å². The van der Waals surface area contributed by atoms with Crippen LogP contribution in [0.15, 0.2) is 46.9 Å². The maximum Gasteiger partial charge on any atom is 0.141 e. The minimum absolute atomic E-state index is 0.551. The van der Waals surface area contributed by atoms with Gasteiger partial charge in [-0.05, 0) is 73.5 Å². The predicted molar refractivity (Wildman–Crippen MR) is 105 cm³/mol. The molecule has 4 nitrogen and oxygen atoms in total. The largest absolute Gasteiger partial charge is 0.383 e. The number of aliphatic imine (C=N–C) groups is 1. The molecule has 25 heavy (non-hydrogen) atoms. The first kappa shape index (κ1) is 15.2. The summed E-state index contributed by atoms with van der Waals surface area (Å²) >= 11 is 1.62. The predicted octanol–water partition coefficient (Wildman–Crippen LogP) is 4.42. The second-order valence-corrected chi connectivity index (χ2v) is 8.13. The number of amidine groups is 1. The Morgan fingerprint density at radius 3 is 2.84 bits per heavy atom. The van der Waals surface area contributed by atoms with Gasteiger partial charge in [-0.1, -0.05) is 6.07 Å². The van der Waals surface area contributed by atoms with Gasteiger partial charge in [-0.25, -0.2) is 4.99 Å². The van der Waals surface area contributed by atoms with Crippen LogP contribution >= 0.6 is 11.3 Å². The smallest absolute Gasteiger partial charge is 0.141 e. The molecule has 0 spiro atoms. The van der Waals surface area contributed by atoms with Crippen molar-refractivity contribution in [3.05, 3.63) is 52.3 Å². The lowest BCUT2D eigenvalue weighted by Crippen LogP contribution is -2.43. The van der Waals surface area contributed by atoms with Crippen molar-refractivity contribution in [2.24, 2.45) is 16.6 Å². The summed E-state index contributed by atoms with van der Waals surface area (Å²) in [6, 6.07) is 10.9. The molecule has 0 radical (unpaired) electrons. The zero-order valence-electron chi connectivity index (χ0n) is 14.1. The van der Waals surface area contributed by atoms with E-state index in [9.17, 15) is 0 Å². The van der Waals surface area contributed by atoms with Gasteiger partial charge in [0.1, 0.15) is 5.84 Å². The second kappa shape index (κ2) is 6.00. The summed E-state index contributed by atoms with van der Waals surface area (Å²) in [5.74, 6) is 1.49. The number of fused-ring (bicyclic) bond motifs is 4. The third-order valence-electron chi connectivity index (χ3n) is 5.73. The maximum atomic E-state index is 6.17. The normalized spacial score (nSPS) is 26.4. The molecule has 2 bridgehead atoms. The van der Waals surface area contributed by atoms with Gasteiger partial charge in [-0.2, -0.15) is 0 Å². The summed E-state index contributed by atoms with van der Waals surface area (Å²) in [4.78, 5) is 11.8. The molecule has 3 aromatic rings. The number of nitrogens with one attached hydrogen (secondary N) is 1. The number of piperidine rings is 3. The molecule has 5 heterocycles. The topological polar surface area (TPSA) is 57.4 Å². The van der Waals surface area contributed by atoms with E-state index in [1.165, 1.54) is 48.8 Å². The molecule has 1 unspecified atom stereocenters. The van der Waals surface area contributed by atoms with Crippen LogP contribution in [0.2, 0.25) is 0 Å². The van der Waals surface area contributed by atoms with Crippen molar-refractivity contribution in [3.8, 4) is 0 Å². The maximum absolute atomic E-state index is 6.17. The number of nitrogens with zero attached hydrogens (tertiary/aromatic N) is 2. The van der Waals surface area contributed by atoms with E-state index >= 15 is 0 Å². The molecule has 3 aliphatic heterocycles. The minimum Gasteiger partial charge on any atom is -0.383 e. The number of aromatic amines is 1. The summed E-state index contributed by atoms with van der Waals surface area (Å²) in [6.07, 6.45) is 6.22. The summed E-state index contributed by atoms with van der Waals surface area (Å²) in [7, 11) is 0. The lowest BCUT2D eigenvalue weighted by Gasteiger charge is -2.45. The van der Waals surface area contributed by atoms with Crippen LogP contribution in [0.5, 0.6) is 0 Å². The average Bonchev–Trinajstić information content (AvgIpc) is 3.32. The number of rotatable bonds is 3. The van der Waals surface area contributed by atoms with Crippen LogP contribution in [0.4, 0.5) is 5.69 Å². The monoisotopic (exact) mass is 350 g/mol. The third kappa shape index (κ3) is 2.68. The van der Waals surface area contributed by atoms with Gasteiger partial charge < -0.3 is 10.7 Å². The van der Waals surface area contributed by atoms with Crippen LogP contribution in [0.25, 0.3) is 10.9 Å². The van der Waals surface area contributed by atoms with E-state index in [2.05, 4.69) is 33.2 Å². The van der Waals surface area contributed by atoms with E-state index in [0.29, 0.717) is 11.9 Å². The Balaban J connectivity index is 1.52. The first-order chi connectivity index (χ1) is 12.3. The number of thiophene rings is 1. The molecule has 3 N–H and O–H groups in total. The van der Waals surface area contributed by atoms with Crippen LogP contribution in [0, 0.1) is 5.92 Å². The van der Waals surface area contributed by atoms with E-state index in [0.717, 1.165) is 16.5 Å². The molecule has 0 amide bonds. The van der Waals surface area contributed by atoms with Gasteiger partial charge in [-0.15, -0.1) is 11.3 Å². The Morgan fingerprint density at radius 2 is 2.12 bits per heavy atom. The Morgan fingerprint density at radius 1 is 1.24 bits per heavy atom. The van der Waals surface area contributed by atoms with Gasteiger partial charge >= 0.3 is 0 Å². The Hall–Kier alpha value is -2.11. The summed E-state index contributed by atoms with van der Waals surface area (Å²) < 4.78 is 0. The van der Waals surface area contributed by atoms with Crippen molar-refractivity contribution in [2.45, 2.75) is 25.3 Å². The molecular formula is C20H22N4S. The molecule has 128 valence electrons. The molecule has 5 heteroatoms. The molecule has 0 aliphatic carbocycles. The Bertz CT molecular complexity index is 916. The number of nitrogens with two attached hydrogens (primary N) is 1. The quantitative estimate of drug-likeness (QED) is 0.542. The number of hydrogen-bond acceptors (Lipinski definition) is 3. The zero-order chi connectivity index (χ0) is 16.8. The molecule has 2 aromatic heterocycles. The van der Waals surface area contributed by atoms with Crippen LogP contribution in [-0.2, 0) is 0 Å². The second-order valence-electron chi connectivity index (χ2n) is 7.18. The van der Waals surface area contributed by atoms with Gasteiger partial charge in [0.25, 0.3) is 0 Å². The number of H-pyrrole nitrogens is 1. The lowest BCUT2D eigenvalue weighted by molar-refractivity contribution is 0.0498. The Labute approximate surface area is 151 Å². The van der Waals surface area contributed by atoms with Crippen LogP contribution in [-0.4, -0.2) is 28.8 Å². The van der Waals surface area contributed by atoms with Crippen molar-refractivity contribution in [3.63, 3.8) is 0 Å². The van der Waals surface area contributed by atoms with E-state index in [1.807, 2.05) is 23.6 Å². The highest BCUT2D eigenvalue weighted by molar-refractivity contribution is 7.12. The molecular weight excluding hydrogens is 328 g/mol. The van der Waals surface area contributed by atoms with Gasteiger partial charge in [0.05, 0.1) is 10.6 Å². The van der Waals surface area contributed by atoms with Crippen molar-refractivity contribution >= 4 is 33.8 Å². The standard InChI is InChI=1S/C20H22N4S/c21-20(19-2-1-9-25-19)23-14-3-4-17-15(11-14)16(12-22-17)18-10-13-5-7-24(18)8-6-13/h1-4,9,11-13,18,22H,5-8,10H2,(H2,21,23). The summed E-state index contributed by atoms with van der Waals surface area (Å²) in [6.45, 7) is 2.48.